The molecule has 110 valence electrons. The first-order valence-electron chi connectivity index (χ1n) is 7.53. The second kappa shape index (κ2) is 6.33. The summed E-state index contributed by atoms with van der Waals surface area (Å²) in [5.41, 5.74) is 0. The molecule has 0 radical (unpaired) electrons. The van der Waals surface area contributed by atoms with Gasteiger partial charge in [0.15, 0.2) is 0 Å². The van der Waals surface area contributed by atoms with Gasteiger partial charge in [-0.1, -0.05) is 13.8 Å². The Hall–Kier alpha value is -1.45. The summed E-state index contributed by atoms with van der Waals surface area (Å²) in [6.07, 6.45) is 7.01. The van der Waals surface area contributed by atoms with E-state index in [1.807, 2.05) is 0 Å². The van der Waals surface area contributed by atoms with Gasteiger partial charge in [-0.05, 0) is 37.5 Å². The Morgan fingerprint density at radius 3 is 2.20 bits per heavy atom. The summed E-state index contributed by atoms with van der Waals surface area (Å²) in [5, 5.41) is 0. The van der Waals surface area contributed by atoms with Crippen LogP contribution in [0, 0.1) is 17.8 Å². The van der Waals surface area contributed by atoms with Crippen LogP contribution in [0.2, 0.25) is 0 Å². The Kier molecular flexibility index (Phi) is 4.73. The zero-order chi connectivity index (χ0) is 14.7. The van der Waals surface area contributed by atoms with E-state index in [1.54, 1.807) is 0 Å². The molecule has 2 amide bonds. The third kappa shape index (κ3) is 3.56. The first-order chi connectivity index (χ1) is 9.47. The van der Waals surface area contributed by atoms with Crippen LogP contribution in [0.5, 0.6) is 0 Å². The third-order valence-electron chi connectivity index (χ3n) is 4.25. The van der Waals surface area contributed by atoms with Crippen molar-refractivity contribution in [3.63, 3.8) is 0 Å². The Morgan fingerprint density at radius 1 is 1.15 bits per heavy atom. The molecule has 1 aliphatic carbocycles. The maximum Gasteiger partial charge on any atom is 0.253 e. The quantitative estimate of drug-likeness (QED) is 0.725. The molecule has 0 spiro atoms. The van der Waals surface area contributed by atoms with Gasteiger partial charge in [-0.3, -0.25) is 19.3 Å². The van der Waals surface area contributed by atoms with Crippen LogP contribution in [-0.4, -0.2) is 29.0 Å². The highest BCUT2D eigenvalue weighted by atomic mass is 16.2. The molecular weight excluding hydrogens is 254 g/mol. The first kappa shape index (κ1) is 14.9. The molecule has 1 fully saturated rings. The van der Waals surface area contributed by atoms with Gasteiger partial charge in [0.1, 0.15) is 5.78 Å². The fraction of sp³-hybridized carbons (Fsp3) is 0.688. The molecule has 4 heteroatoms. The molecule has 0 saturated heterocycles. The van der Waals surface area contributed by atoms with E-state index in [4.69, 9.17) is 0 Å². The average Bonchev–Trinajstić information content (AvgIpc) is 2.70. The molecule has 0 bridgehead atoms. The lowest BCUT2D eigenvalue weighted by molar-refractivity contribution is -0.138. The number of ketones is 1. The van der Waals surface area contributed by atoms with Gasteiger partial charge >= 0.3 is 0 Å². The fourth-order valence-electron chi connectivity index (χ4n) is 3.11. The van der Waals surface area contributed by atoms with Crippen molar-refractivity contribution in [2.24, 2.45) is 17.8 Å². The van der Waals surface area contributed by atoms with Crippen molar-refractivity contribution in [3.8, 4) is 0 Å². The average molecular weight is 277 g/mol. The van der Waals surface area contributed by atoms with Gasteiger partial charge in [-0.2, -0.15) is 0 Å². The van der Waals surface area contributed by atoms with Crippen LogP contribution in [0.1, 0.15) is 46.0 Å². The van der Waals surface area contributed by atoms with Crippen molar-refractivity contribution in [1.29, 1.82) is 0 Å². The van der Waals surface area contributed by atoms with E-state index in [-0.39, 0.29) is 17.7 Å². The van der Waals surface area contributed by atoms with Crippen LogP contribution in [-0.2, 0) is 14.4 Å². The number of nitrogens with zero attached hydrogens (tertiary/aromatic N) is 1. The minimum absolute atomic E-state index is 0.191. The molecular formula is C16H23NO3. The molecule has 0 atom stereocenters. The van der Waals surface area contributed by atoms with Crippen LogP contribution >= 0.6 is 0 Å². The third-order valence-corrected chi connectivity index (χ3v) is 4.25. The van der Waals surface area contributed by atoms with Gasteiger partial charge in [0.05, 0.1) is 0 Å². The molecule has 1 saturated carbocycles. The number of carbonyl (C=O) groups excluding carboxylic acids is 3. The summed E-state index contributed by atoms with van der Waals surface area (Å²) in [6, 6.07) is 0. The van der Waals surface area contributed by atoms with Crippen LogP contribution in [0.25, 0.3) is 0 Å². The lowest BCUT2D eigenvalue weighted by Gasteiger charge is -2.30. The van der Waals surface area contributed by atoms with Gasteiger partial charge in [0.25, 0.3) is 11.8 Å². The molecule has 2 rings (SSSR count). The van der Waals surface area contributed by atoms with E-state index >= 15 is 0 Å². The summed E-state index contributed by atoms with van der Waals surface area (Å²) in [6.45, 7) is 4.65. The van der Waals surface area contributed by atoms with Crippen molar-refractivity contribution in [2.75, 3.05) is 6.54 Å². The minimum Gasteiger partial charge on any atom is -0.299 e. The predicted octanol–water partition coefficient (Wildman–Crippen LogP) is 2.33. The highest BCUT2D eigenvalue weighted by Crippen LogP contribution is 2.31. The molecule has 0 aromatic rings. The summed E-state index contributed by atoms with van der Waals surface area (Å²) in [7, 11) is 0. The number of imide groups is 1. The number of rotatable bonds is 5. The Balaban J connectivity index is 1.78. The normalized spacial score (nSPS) is 26.6. The van der Waals surface area contributed by atoms with Crippen LogP contribution in [0.15, 0.2) is 12.2 Å². The smallest absolute Gasteiger partial charge is 0.253 e. The maximum absolute atomic E-state index is 12.0. The van der Waals surface area contributed by atoms with Gasteiger partial charge in [-0.15, -0.1) is 0 Å². The first-order valence-corrected chi connectivity index (χ1v) is 7.53. The number of hydrogen-bond donors (Lipinski definition) is 0. The van der Waals surface area contributed by atoms with Gasteiger partial charge in [-0.25, -0.2) is 0 Å². The van der Waals surface area contributed by atoms with E-state index in [2.05, 4.69) is 13.8 Å². The monoisotopic (exact) mass is 277 g/mol. The highest BCUT2D eigenvalue weighted by molar-refractivity contribution is 6.12. The highest BCUT2D eigenvalue weighted by Gasteiger charge is 2.31. The molecule has 20 heavy (non-hydrogen) atoms. The molecule has 0 unspecified atom stereocenters. The van der Waals surface area contributed by atoms with Crippen molar-refractivity contribution in [1.82, 2.24) is 4.90 Å². The predicted molar refractivity (Wildman–Crippen MR) is 75.8 cm³/mol. The summed E-state index contributed by atoms with van der Waals surface area (Å²) < 4.78 is 0. The van der Waals surface area contributed by atoms with E-state index < -0.39 is 0 Å². The summed E-state index contributed by atoms with van der Waals surface area (Å²) in [4.78, 5) is 36.4. The lowest BCUT2D eigenvalue weighted by Crippen LogP contribution is -2.36. The Morgan fingerprint density at radius 2 is 1.70 bits per heavy atom. The molecule has 0 aromatic carbocycles. The van der Waals surface area contributed by atoms with Crippen LogP contribution in [0.3, 0.4) is 0 Å². The number of hydrogen-bond acceptors (Lipinski definition) is 3. The van der Waals surface area contributed by atoms with Crippen molar-refractivity contribution in [3.05, 3.63) is 12.2 Å². The second-order valence-corrected chi connectivity index (χ2v) is 6.40. The van der Waals surface area contributed by atoms with Crippen molar-refractivity contribution < 1.29 is 14.4 Å². The molecule has 1 heterocycles. The van der Waals surface area contributed by atoms with Gasteiger partial charge < -0.3 is 0 Å². The Labute approximate surface area is 120 Å². The molecule has 1 aliphatic heterocycles. The zero-order valence-corrected chi connectivity index (χ0v) is 12.3. The molecule has 4 nitrogen and oxygen atoms in total. The van der Waals surface area contributed by atoms with Gasteiger partial charge in [0.2, 0.25) is 0 Å². The van der Waals surface area contributed by atoms with E-state index in [0.717, 1.165) is 25.7 Å². The Bertz CT molecular complexity index is 413. The molecule has 0 aromatic heterocycles. The topological polar surface area (TPSA) is 54.5 Å². The SMILES string of the molecule is CC(C)CC(=O)C1CCC(CN2C(=O)C=CC2=O)CC1. The molecule has 0 N–H and O–H groups in total. The van der Waals surface area contributed by atoms with Crippen LogP contribution in [0.4, 0.5) is 0 Å². The number of carbonyl (C=O) groups is 3. The minimum atomic E-state index is -0.201. The number of Topliss-reactive ketones (excluding diaryl/α,β-unsaturated/α-hetero) is 1. The van der Waals surface area contributed by atoms with Crippen molar-refractivity contribution in [2.45, 2.75) is 46.0 Å². The van der Waals surface area contributed by atoms with E-state index in [9.17, 15) is 14.4 Å². The summed E-state index contributed by atoms with van der Waals surface area (Å²) in [5.74, 6) is 0.947. The van der Waals surface area contributed by atoms with E-state index in [0.29, 0.717) is 30.6 Å². The lowest BCUT2D eigenvalue weighted by atomic mass is 9.78. The zero-order valence-electron chi connectivity index (χ0n) is 12.3. The maximum atomic E-state index is 12.0. The van der Waals surface area contributed by atoms with Gasteiger partial charge in [0, 0.05) is 31.0 Å². The summed E-state index contributed by atoms with van der Waals surface area (Å²) >= 11 is 0. The van der Waals surface area contributed by atoms with E-state index in [1.165, 1.54) is 17.1 Å². The molecule has 2 aliphatic rings. The largest absolute Gasteiger partial charge is 0.299 e. The number of amides is 2. The standard InChI is InChI=1S/C16H23NO3/c1-11(2)9-14(18)13-5-3-12(4-6-13)10-17-15(19)7-8-16(17)20/h7-8,11-13H,3-6,9-10H2,1-2H3. The second-order valence-electron chi connectivity index (χ2n) is 6.40. The van der Waals surface area contributed by atoms with Crippen LogP contribution < -0.4 is 0 Å². The fourth-order valence-corrected chi connectivity index (χ4v) is 3.11. The van der Waals surface area contributed by atoms with Crippen molar-refractivity contribution >= 4 is 17.6 Å².